The van der Waals surface area contributed by atoms with E-state index < -0.39 is 0 Å². The Hall–Kier alpha value is -1.79. The third-order valence-corrected chi connectivity index (χ3v) is 4.03. The van der Waals surface area contributed by atoms with Gasteiger partial charge in [0.25, 0.3) is 5.91 Å². The first-order chi connectivity index (χ1) is 9.60. The molecule has 0 saturated heterocycles. The number of halogens is 1. The first-order valence-corrected chi connectivity index (χ1v) is 7.26. The third-order valence-electron chi connectivity index (χ3n) is 2.69. The molecule has 0 aliphatic heterocycles. The van der Waals surface area contributed by atoms with Crippen LogP contribution in [0.4, 0.5) is 10.9 Å². The summed E-state index contributed by atoms with van der Waals surface area (Å²) in [4.78, 5) is 16.4. The highest BCUT2D eigenvalue weighted by Crippen LogP contribution is 2.24. The van der Waals surface area contributed by atoms with Gasteiger partial charge in [-0.05, 0) is 24.1 Å². The summed E-state index contributed by atoms with van der Waals surface area (Å²) in [6, 6.07) is 7.54. The van der Waals surface area contributed by atoms with Crippen LogP contribution in [0.15, 0.2) is 24.3 Å². The summed E-state index contributed by atoms with van der Waals surface area (Å²) >= 11 is 7.05. The molecule has 1 heterocycles. The average molecular weight is 311 g/mol. The van der Waals surface area contributed by atoms with E-state index in [1.165, 1.54) is 11.3 Å². The number of nitrogen functional groups attached to an aromatic ring is 1. The summed E-state index contributed by atoms with van der Waals surface area (Å²) in [6.45, 7) is 0.534. The van der Waals surface area contributed by atoms with Crippen LogP contribution in [0.3, 0.4) is 0 Å². The number of hydrogen-bond acceptors (Lipinski definition) is 5. The maximum Gasteiger partial charge on any atom is 0.265 e. The standard InChI is InChI=1S/C13H15ClN4OS/c1-16-13-18-11(15)10(20-13)12(19)17-7-6-8-2-4-9(14)5-3-8/h2-5H,6-7,15H2,1H3,(H,16,18)(H,17,19). The highest BCUT2D eigenvalue weighted by molar-refractivity contribution is 7.18. The van der Waals surface area contributed by atoms with E-state index in [0.29, 0.717) is 21.6 Å². The number of hydrogen-bond donors (Lipinski definition) is 3. The summed E-state index contributed by atoms with van der Waals surface area (Å²) < 4.78 is 0. The fourth-order valence-corrected chi connectivity index (χ4v) is 2.53. The first kappa shape index (κ1) is 14.6. The van der Waals surface area contributed by atoms with Crippen LogP contribution in [0.5, 0.6) is 0 Å². The van der Waals surface area contributed by atoms with E-state index in [4.69, 9.17) is 17.3 Å². The quantitative estimate of drug-likeness (QED) is 0.792. The molecule has 0 aliphatic rings. The van der Waals surface area contributed by atoms with Gasteiger partial charge in [-0.2, -0.15) is 0 Å². The Kier molecular flexibility index (Phi) is 4.81. The van der Waals surface area contributed by atoms with Crippen molar-refractivity contribution in [1.29, 1.82) is 0 Å². The number of nitrogens with one attached hydrogen (secondary N) is 2. The second kappa shape index (κ2) is 6.58. The normalized spacial score (nSPS) is 10.3. The number of carbonyl (C=O) groups excluding carboxylic acids is 1. The molecule has 20 heavy (non-hydrogen) atoms. The third kappa shape index (κ3) is 3.61. The fraction of sp³-hybridized carbons (Fsp3) is 0.231. The van der Waals surface area contributed by atoms with Crippen LogP contribution in [0, 0.1) is 0 Å². The van der Waals surface area contributed by atoms with Crippen molar-refractivity contribution < 1.29 is 4.79 Å². The number of rotatable bonds is 5. The molecule has 2 aromatic rings. The summed E-state index contributed by atoms with van der Waals surface area (Å²) in [7, 11) is 1.74. The lowest BCUT2D eigenvalue weighted by atomic mass is 10.1. The smallest absolute Gasteiger partial charge is 0.265 e. The molecule has 0 bridgehead atoms. The van der Waals surface area contributed by atoms with E-state index in [1.54, 1.807) is 7.05 Å². The van der Waals surface area contributed by atoms with Crippen LogP contribution in [-0.2, 0) is 6.42 Å². The Labute approximate surface area is 126 Å². The number of anilines is 2. The molecule has 0 fully saturated rings. The van der Waals surface area contributed by atoms with Crippen molar-refractivity contribution in [1.82, 2.24) is 10.3 Å². The van der Waals surface area contributed by atoms with Crippen molar-refractivity contribution in [2.24, 2.45) is 0 Å². The summed E-state index contributed by atoms with van der Waals surface area (Å²) in [5, 5.41) is 7.03. The zero-order chi connectivity index (χ0) is 14.5. The lowest BCUT2D eigenvalue weighted by Gasteiger charge is -2.04. The van der Waals surface area contributed by atoms with E-state index >= 15 is 0 Å². The first-order valence-electron chi connectivity index (χ1n) is 6.07. The highest BCUT2D eigenvalue weighted by Gasteiger charge is 2.15. The molecule has 7 heteroatoms. The maximum atomic E-state index is 12.0. The maximum absolute atomic E-state index is 12.0. The summed E-state index contributed by atoms with van der Waals surface area (Å²) in [5.74, 6) is 0.0545. The van der Waals surface area contributed by atoms with Crippen LogP contribution in [0.1, 0.15) is 15.2 Å². The highest BCUT2D eigenvalue weighted by atomic mass is 35.5. The number of aromatic nitrogens is 1. The molecule has 0 saturated carbocycles. The SMILES string of the molecule is CNc1nc(N)c(C(=O)NCCc2ccc(Cl)cc2)s1. The van der Waals surface area contributed by atoms with Gasteiger partial charge in [0.2, 0.25) is 0 Å². The molecule has 0 aliphatic carbocycles. The molecule has 0 spiro atoms. The fourth-order valence-electron chi connectivity index (χ4n) is 1.65. The van der Waals surface area contributed by atoms with Gasteiger partial charge in [-0.15, -0.1) is 0 Å². The summed E-state index contributed by atoms with van der Waals surface area (Å²) in [5.41, 5.74) is 6.81. The topological polar surface area (TPSA) is 80.0 Å². The van der Waals surface area contributed by atoms with E-state index in [0.717, 1.165) is 12.0 Å². The number of benzene rings is 1. The van der Waals surface area contributed by atoms with Gasteiger partial charge in [-0.3, -0.25) is 4.79 Å². The number of carbonyl (C=O) groups is 1. The molecule has 1 aromatic heterocycles. The van der Waals surface area contributed by atoms with Crippen LogP contribution >= 0.6 is 22.9 Å². The molecular formula is C13H15ClN4OS. The van der Waals surface area contributed by atoms with Gasteiger partial charge in [-0.25, -0.2) is 4.98 Å². The van der Waals surface area contributed by atoms with Crippen LogP contribution < -0.4 is 16.4 Å². The van der Waals surface area contributed by atoms with Gasteiger partial charge in [-0.1, -0.05) is 35.1 Å². The van der Waals surface area contributed by atoms with E-state index in [1.807, 2.05) is 24.3 Å². The van der Waals surface area contributed by atoms with Crippen molar-refractivity contribution in [2.45, 2.75) is 6.42 Å². The van der Waals surface area contributed by atoms with Gasteiger partial charge < -0.3 is 16.4 Å². The van der Waals surface area contributed by atoms with Gasteiger partial charge in [0.05, 0.1) is 0 Å². The molecule has 5 nitrogen and oxygen atoms in total. The van der Waals surface area contributed by atoms with Crippen LogP contribution in [0.2, 0.25) is 5.02 Å². The van der Waals surface area contributed by atoms with Crippen molar-refractivity contribution in [3.05, 3.63) is 39.7 Å². The van der Waals surface area contributed by atoms with E-state index in [9.17, 15) is 4.79 Å². The minimum absolute atomic E-state index is 0.199. The van der Waals surface area contributed by atoms with Crippen LogP contribution in [0.25, 0.3) is 0 Å². The zero-order valence-electron chi connectivity index (χ0n) is 10.9. The molecule has 1 aromatic carbocycles. The van der Waals surface area contributed by atoms with E-state index in [2.05, 4.69) is 15.6 Å². The number of amides is 1. The van der Waals surface area contributed by atoms with Crippen molar-refractivity contribution in [2.75, 3.05) is 24.6 Å². The van der Waals surface area contributed by atoms with Crippen LogP contribution in [-0.4, -0.2) is 24.5 Å². The predicted molar refractivity (Wildman–Crippen MR) is 83.6 cm³/mol. The molecule has 1 amide bonds. The van der Waals surface area contributed by atoms with Gasteiger partial charge in [0, 0.05) is 18.6 Å². The Morgan fingerprint density at radius 1 is 1.40 bits per heavy atom. The van der Waals surface area contributed by atoms with Gasteiger partial charge >= 0.3 is 0 Å². The van der Waals surface area contributed by atoms with E-state index in [-0.39, 0.29) is 11.7 Å². The number of nitrogens with zero attached hydrogens (tertiary/aromatic N) is 1. The molecular weight excluding hydrogens is 296 g/mol. The number of thiazole rings is 1. The predicted octanol–water partition coefficient (Wildman–Crippen LogP) is 2.39. The van der Waals surface area contributed by atoms with Crippen molar-refractivity contribution in [3.8, 4) is 0 Å². The molecule has 0 radical (unpaired) electrons. The molecule has 4 N–H and O–H groups in total. The lowest BCUT2D eigenvalue weighted by molar-refractivity contribution is 0.0959. The Morgan fingerprint density at radius 3 is 2.70 bits per heavy atom. The molecule has 0 atom stereocenters. The molecule has 0 unspecified atom stereocenters. The molecule has 2 rings (SSSR count). The molecule has 106 valence electrons. The second-order valence-corrected chi connectivity index (χ2v) is 5.55. The number of nitrogens with two attached hydrogens (primary N) is 1. The summed E-state index contributed by atoms with van der Waals surface area (Å²) in [6.07, 6.45) is 0.737. The van der Waals surface area contributed by atoms with Crippen molar-refractivity contribution >= 4 is 39.8 Å². The zero-order valence-corrected chi connectivity index (χ0v) is 12.5. The minimum atomic E-state index is -0.199. The van der Waals surface area contributed by atoms with Gasteiger partial charge in [0.15, 0.2) is 5.13 Å². The Morgan fingerprint density at radius 2 is 2.10 bits per heavy atom. The lowest BCUT2D eigenvalue weighted by Crippen LogP contribution is -2.25. The largest absolute Gasteiger partial charge is 0.382 e. The minimum Gasteiger partial charge on any atom is -0.382 e. The Bertz CT molecular complexity index is 597. The monoisotopic (exact) mass is 310 g/mol. The van der Waals surface area contributed by atoms with Crippen molar-refractivity contribution in [3.63, 3.8) is 0 Å². The average Bonchev–Trinajstić information content (AvgIpc) is 2.82. The second-order valence-electron chi connectivity index (χ2n) is 4.12. The Balaban J connectivity index is 1.88. The van der Waals surface area contributed by atoms with Gasteiger partial charge in [0.1, 0.15) is 10.7 Å².